The van der Waals surface area contributed by atoms with Crippen molar-refractivity contribution in [3.05, 3.63) is 29.8 Å². The molecule has 1 amide bonds. The molecule has 120 valence electrons. The molecule has 2 fully saturated rings. The second-order valence-corrected chi connectivity index (χ2v) is 6.82. The largest absolute Gasteiger partial charge is 0.491 e. The van der Waals surface area contributed by atoms with E-state index in [1.807, 2.05) is 36.1 Å². The Labute approximate surface area is 132 Å². The number of benzene rings is 1. The summed E-state index contributed by atoms with van der Waals surface area (Å²) in [5.74, 6) is 1.18. The number of hydrogen-bond acceptors (Lipinski definition) is 3. The molecule has 0 spiro atoms. The standard InChI is InChI=1S/C18H25NO3/c1-14-6-8-16(9-7-14)22-13-18(21)10-3-11-19(12-18)17(20)15-4-2-5-15/h6-9,15,21H,2-5,10-13H2,1H3/t18-/m0/s1. The van der Waals surface area contributed by atoms with Crippen LogP contribution in [0.15, 0.2) is 24.3 Å². The van der Waals surface area contributed by atoms with Crippen LogP contribution in [0.25, 0.3) is 0 Å². The number of aryl methyl sites for hydroxylation is 1. The number of rotatable bonds is 4. The fraction of sp³-hybridized carbons (Fsp3) is 0.611. The first-order valence-corrected chi connectivity index (χ1v) is 8.26. The fourth-order valence-corrected chi connectivity index (χ4v) is 3.18. The van der Waals surface area contributed by atoms with Gasteiger partial charge >= 0.3 is 0 Å². The van der Waals surface area contributed by atoms with Crippen LogP contribution in [0.3, 0.4) is 0 Å². The Bertz CT molecular complexity index is 524. The Morgan fingerprint density at radius 3 is 2.68 bits per heavy atom. The van der Waals surface area contributed by atoms with Gasteiger partial charge in [0.15, 0.2) is 0 Å². The Morgan fingerprint density at radius 2 is 2.05 bits per heavy atom. The molecular weight excluding hydrogens is 278 g/mol. The number of nitrogens with zero attached hydrogens (tertiary/aromatic N) is 1. The number of ether oxygens (including phenoxy) is 1. The number of likely N-dealkylation sites (tertiary alicyclic amines) is 1. The van der Waals surface area contributed by atoms with E-state index in [1.54, 1.807) is 0 Å². The highest BCUT2D eigenvalue weighted by Crippen LogP contribution is 2.31. The summed E-state index contributed by atoms with van der Waals surface area (Å²) in [6.45, 7) is 3.43. The first-order valence-electron chi connectivity index (χ1n) is 8.26. The molecule has 3 rings (SSSR count). The molecule has 1 aromatic rings. The van der Waals surface area contributed by atoms with Crippen molar-refractivity contribution in [3.63, 3.8) is 0 Å². The number of piperidine rings is 1. The maximum absolute atomic E-state index is 12.4. The first kappa shape index (κ1) is 15.3. The lowest BCUT2D eigenvalue weighted by atomic mass is 9.83. The molecule has 4 nitrogen and oxygen atoms in total. The lowest BCUT2D eigenvalue weighted by molar-refractivity contribution is -0.146. The molecule has 1 N–H and O–H groups in total. The molecule has 1 heterocycles. The summed E-state index contributed by atoms with van der Waals surface area (Å²) in [5, 5.41) is 10.8. The Hall–Kier alpha value is -1.55. The van der Waals surface area contributed by atoms with Gasteiger partial charge in [0.2, 0.25) is 5.91 Å². The highest BCUT2D eigenvalue weighted by molar-refractivity contribution is 5.79. The van der Waals surface area contributed by atoms with Crippen molar-refractivity contribution < 1.29 is 14.6 Å². The van der Waals surface area contributed by atoms with Crippen molar-refractivity contribution in [1.29, 1.82) is 0 Å². The van der Waals surface area contributed by atoms with Crippen LogP contribution in [0.2, 0.25) is 0 Å². The molecule has 0 bridgehead atoms. The normalized spacial score (nSPS) is 25.6. The van der Waals surface area contributed by atoms with E-state index in [9.17, 15) is 9.90 Å². The molecule has 1 saturated heterocycles. The second-order valence-electron chi connectivity index (χ2n) is 6.82. The third kappa shape index (κ3) is 3.43. The summed E-state index contributed by atoms with van der Waals surface area (Å²) >= 11 is 0. The van der Waals surface area contributed by atoms with Crippen LogP contribution in [-0.4, -0.2) is 41.2 Å². The molecule has 1 aromatic carbocycles. The lowest BCUT2D eigenvalue weighted by Gasteiger charge is -2.41. The molecule has 1 aliphatic heterocycles. The second kappa shape index (κ2) is 6.29. The van der Waals surface area contributed by atoms with Gasteiger partial charge in [-0.15, -0.1) is 0 Å². The van der Waals surface area contributed by atoms with Gasteiger partial charge in [0.25, 0.3) is 0 Å². The lowest BCUT2D eigenvalue weighted by Crippen LogP contribution is -2.55. The van der Waals surface area contributed by atoms with E-state index < -0.39 is 5.60 Å². The molecule has 1 saturated carbocycles. The van der Waals surface area contributed by atoms with Gasteiger partial charge in [-0.05, 0) is 44.7 Å². The van der Waals surface area contributed by atoms with E-state index >= 15 is 0 Å². The molecule has 0 unspecified atom stereocenters. The fourth-order valence-electron chi connectivity index (χ4n) is 3.18. The van der Waals surface area contributed by atoms with Crippen molar-refractivity contribution in [2.75, 3.05) is 19.7 Å². The van der Waals surface area contributed by atoms with Crippen LogP contribution in [-0.2, 0) is 4.79 Å². The average Bonchev–Trinajstić information content (AvgIpc) is 2.45. The zero-order valence-electron chi connectivity index (χ0n) is 13.3. The monoisotopic (exact) mass is 303 g/mol. The number of hydrogen-bond donors (Lipinski definition) is 1. The van der Waals surface area contributed by atoms with Crippen molar-refractivity contribution in [3.8, 4) is 5.75 Å². The van der Waals surface area contributed by atoms with Crippen molar-refractivity contribution in [1.82, 2.24) is 4.90 Å². The number of β-amino-alcohol motifs (C(OH)–C–C–N with tert-alkyl or cyclic N) is 1. The predicted octanol–water partition coefficient (Wildman–Crippen LogP) is 2.53. The molecule has 1 aliphatic carbocycles. The van der Waals surface area contributed by atoms with Crippen LogP contribution in [0.1, 0.15) is 37.7 Å². The summed E-state index contributed by atoms with van der Waals surface area (Å²) in [6, 6.07) is 7.82. The minimum absolute atomic E-state index is 0.195. The molecule has 0 radical (unpaired) electrons. The third-order valence-electron chi connectivity index (χ3n) is 4.85. The zero-order chi connectivity index (χ0) is 15.6. The van der Waals surface area contributed by atoms with E-state index in [4.69, 9.17) is 4.74 Å². The maximum atomic E-state index is 12.4. The van der Waals surface area contributed by atoms with Crippen LogP contribution >= 0.6 is 0 Å². The first-order chi connectivity index (χ1) is 10.6. The van der Waals surface area contributed by atoms with Gasteiger partial charge in [-0.3, -0.25) is 4.79 Å². The number of carbonyl (C=O) groups is 1. The van der Waals surface area contributed by atoms with Gasteiger partial charge in [0.05, 0.1) is 6.54 Å². The molecule has 0 aromatic heterocycles. The minimum Gasteiger partial charge on any atom is -0.491 e. The summed E-state index contributed by atoms with van der Waals surface area (Å²) in [5.41, 5.74) is 0.253. The third-order valence-corrected chi connectivity index (χ3v) is 4.85. The summed E-state index contributed by atoms with van der Waals surface area (Å²) in [7, 11) is 0. The molecule has 22 heavy (non-hydrogen) atoms. The van der Waals surface area contributed by atoms with Gasteiger partial charge in [-0.2, -0.15) is 0 Å². The topological polar surface area (TPSA) is 49.8 Å². The zero-order valence-corrected chi connectivity index (χ0v) is 13.3. The highest BCUT2D eigenvalue weighted by Gasteiger charge is 2.39. The van der Waals surface area contributed by atoms with E-state index in [2.05, 4.69) is 0 Å². The number of carbonyl (C=O) groups excluding carboxylic acids is 1. The van der Waals surface area contributed by atoms with Crippen LogP contribution < -0.4 is 4.74 Å². The van der Waals surface area contributed by atoms with Crippen molar-refractivity contribution in [2.45, 2.75) is 44.6 Å². The van der Waals surface area contributed by atoms with E-state index in [0.29, 0.717) is 13.0 Å². The quantitative estimate of drug-likeness (QED) is 0.930. The van der Waals surface area contributed by atoms with E-state index in [-0.39, 0.29) is 18.4 Å². The van der Waals surface area contributed by atoms with Crippen LogP contribution in [0.4, 0.5) is 0 Å². The molecule has 2 aliphatic rings. The van der Waals surface area contributed by atoms with Gasteiger partial charge in [0, 0.05) is 12.5 Å². The van der Waals surface area contributed by atoms with E-state index in [0.717, 1.165) is 38.0 Å². The molecule has 1 atom stereocenters. The van der Waals surface area contributed by atoms with E-state index in [1.165, 1.54) is 5.56 Å². The van der Waals surface area contributed by atoms with Gasteiger partial charge in [0.1, 0.15) is 18.0 Å². The average molecular weight is 303 g/mol. The molecular formula is C18H25NO3. The Balaban J connectivity index is 1.57. The van der Waals surface area contributed by atoms with Gasteiger partial charge in [-0.1, -0.05) is 24.1 Å². The maximum Gasteiger partial charge on any atom is 0.225 e. The van der Waals surface area contributed by atoms with Crippen LogP contribution in [0.5, 0.6) is 5.75 Å². The van der Waals surface area contributed by atoms with Crippen LogP contribution in [0, 0.1) is 12.8 Å². The molecule has 4 heteroatoms. The number of aliphatic hydroxyl groups is 1. The highest BCUT2D eigenvalue weighted by atomic mass is 16.5. The Morgan fingerprint density at radius 1 is 1.32 bits per heavy atom. The van der Waals surface area contributed by atoms with Gasteiger partial charge < -0.3 is 14.7 Å². The number of amides is 1. The SMILES string of the molecule is Cc1ccc(OC[C@]2(O)CCCN(C(=O)C3CCC3)C2)cc1. The summed E-state index contributed by atoms with van der Waals surface area (Å²) in [6.07, 6.45) is 4.70. The summed E-state index contributed by atoms with van der Waals surface area (Å²) < 4.78 is 5.74. The van der Waals surface area contributed by atoms with Crippen molar-refractivity contribution in [2.24, 2.45) is 5.92 Å². The smallest absolute Gasteiger partial charge is 0.225 e. The van der Waals surface area contributed by atoms with Gasteiger partial charge in [-0.25, -0.2) is 0 Å². The van der Waals surface area contributed by atoms with Crippen molar-refractivity contribution >= 4 is 5.91 Å². The summed E-state index contributed by atoms with van der Waals surface area (Å²) in [4.78, 5) is 14.2. The Kier molecular flexibility index (Phi) is 4.39. The minimum atomic E-state index is -0.928. The predicted molar refractivity (Wildman–Crippen MR) is 84.8 cm³/mol.